The largest absolute Gasteiger partial charge is 0.390 e. The lowest BCUT2D eigenvalue weighted by molar-refractivity contribution is -0.384. The van der Waals surface area contributed by atoms with Gasteiger partial charge in [0.05, 0.1) is 11.5 Å². The molecule has 0 spiro atoms. The van der Waals surface area contributed by atoms with Gasteiger partial charge in [0.2, 0.25) is 0 Å². The van der Waals surface area contributed by atoms with Crippen LogP contribution in [0.2, 0.25) is 0 Å². The first kappa shape index (κ1) is 13.3. The molecule has 0 heterocycles. The van der Waals surface area contributed by atoms with Gasteiger partial charge in [-0.3, -0.25) is 10.1 Å². The Morgan fingerprint density at radius 1 is 1.53 bits per heavy atom. The Morgan fingerprint density at radius 3 is 2.65 bits per heavy atom. The molecule has 5 nitrogen and oxygen atoms in total. The third-order valence-electron chi connectivity index (χ3n) is 2.19. The van der Waals surface area contributed by atoms with Gasteiger partial charge in [0.15, 0.2) is 0 Å². The van der Waals surface area contributed by atoms with E-state index >= 15 is 0 Å². The summed E-state index contributed by atoms with van der Waals surface area (Å²) in [5.74, 6) is -3.21. The van der Waals surface area contributed by atoms with Crippen molar-refractivity contribution in [3.8, 4) is 0 Å². The van der Waals surface area contributed by atoms with Gasteiger partial charge < -0.3 is 10.4 Å². The monoisotopic (exact) mass is 246 g/mol. The van der Waals surface area contributed by atoms with Gasteiger partial charge in [0, 0.05) is 17.8 Å². The standard InChI is InChI=1S/C10H12F2N2O3/c1-7-4-8(14(16)17)2-3-9(7)13-5-10(11,12)6-15/h2-4,13,15H,5-6H2,1H3. The second kappa shape index (κ2) is 5.05. The van der Waals surface area contributed by atoms with Gasteiger partial charge >= 0.3 is 0 Å². The summed E-state index contributed by atoms with van der Waals surface area (Å²) in [5, 5.41) is 21.3. The summed E-state index contributed by atoms with van der Waals surface area (Å²) in [5.41, 5.74) is 0.777. The van der Waals surface area contributed by atoms with Crippen LogP contribution in [0.1, 0.15) is 5.56 Å². The zero-order valence-corrected chi connectivity index (χ0v) is 9.11. The number of anilines is 1. The zero-order valence-electron chi connectivity index (χ0n) is 9.11. The van der Waals surface area contributed by atoms with Crippen molar-refractivity contribution in [3.63, 3.8) is 0 Å². The Balaban J connectivity index is 2.77. The van der Waals surface area contributed by atoms with Crippen molar-refractivity contribution in [1.82, 2.24) is 0 Å². The molecule has 1 aromatic carbocycles. The Kier molecular flexibility index (Phi) is 3.95. The van der Waals surface area contributed by atoms with Crippen LogP contribution < -0.4 is 5.32 Å². The van der Waals surface area contributed by atoms with Gasteiger partial charge in [0.25, 0.3) is 11.6 Å². The van der Waals surface area contributed by atoms with Crippen LogP contribution in [-0.4, -0.2) is 29.1 Å². The van der Waals surface area contributed by atoms with Crippen molar-refractivity contribution in [2.75, 3.05) is 18.5 Å². The Hall–Kier alpha value is -1.76. The highest BCUT2D eigenvalue weighted by Gasteiger charge is 2.27. The molecule has 1 aromatic rings. The number of aryl methyl sites for hydroxylation is 1. The minimum Gasteiger partial charge on any atom is -0.390 e. The van der Waals surface area contributed by atoms with E-state index in [2.05, 4.69) is 5.32 Å². The fourth-order valence-corrected chi connectivity index (χ4v) is 1.24. The van der Waals surface area contributed by atoms with Crippen LogP contribution in [-0.2, 0) is 0 Å². The lowest BCUT2D eigenvalue weighted by Crippen LogP contribution is -2.31. The first-order chi connectivity index (χ1) is 7.85. The molecule has 0 saturated carbocycles. The van der Waals surface area contributed by atoms with Crippen LogP contribution in [0.25, 0.3) is 0 Å². The number of nitrogens with one attached hydrogen (secondary N) is 1. The third kappa shape index (κ3) is 3.63. The predicted molar refractivity (Wildman–Crippen MR) is 58.4 cm³/mol. The number of halogens is 2. The predicted octanol–water partition coefficient (Wildman–Crippen LogP) is 1.94. The number of nitrogens with zero attached hydrogens (tertiary/aromatic N) is 1. The number of benzene rings is 1. The topological polar surface area (TPSA) is 75.4 Å². The van der Waals surface area contributed by atoms with E-state index in [1.54, 1.807) is 6.92 Å². The van der Waals surface area contributed by atoms with E-state index in [0.29, 0.717) is 11.3 Å². The van der Waals surface area contributed by atoms with Crippen LogP contribution in [0.5, 0.6) is 0 Å². The molecule has 0 unspecified atom stereocenters. The Morgan fingerprint density at radius 2 is 2.18 bits per heavy atom. The summed E-state index contributed by atoms with van der Waals surface area (Å²) < 4.78 is 25.5. The molecule has 0 atom stereocenters. The number of hydrogen-bond donors (Lipinski definition) is 2. The average Bonchev–Trinajstić information content (AvgIpc) is 2.27. The molecule has 0 aliphatic rings. The van der Waals surface area contributed by atoms with Crippen molar-refractivity contribution >= 4 is 11.4 Å². The molecule has 0 fully saturated rings. The quantitative estimate of drug-likeness (QED) is 0.615. The molecule has 0 saturated heterocycles. The third-order valence-corrected chi connectivity index (χ3v) is 2.19. The van der Waals surface area contributed by atoms with E-state index in [9.17, 15) is 18.9 Å². The number of aliphatic hydroxyl groups is 1. The molecule has 0 aliphatic carbocycles. The molecule has 0 aliphatic heterocycles. The number of alkyl halides is 2. The van der Waals surface area contributed by atoms with Crippen LogP contribution in [0.4, 0.5) is 20.2 Å². The maximum atomic E-state index is 12.8. The minimum atomic E-state index is -3.21. The molecule has 7 heteroatoms. The maximum absolute atomic E-state index is 12.8. The highest BCUT2D eigenvalue weighted by molar-refractivity contribution is 5.55. The maximum Gasteiger partial charge on any atom is 0.287 e. The van der Waals surface area contributed by atoms with Gasteiger partial charge in [-0.1, -0.05) is 0 Å². The smallest absolute Gasteiger partial charge is 0.287 e. The zero-order chi connectivity index (χ0) is 13.1. The number of nitro benzene ring substituents is 1. The summed E-state index contributed by atoms with van der Waals surface area (Å²) in [7, 11) is 0. The summed E-state index contributed by atoms with van der Waals surface area (Å²) in [6, 6.07) is 3.88. The van der Waals surface area contributed by atoms with Crippen molar-refractivity contribution in [2.45, 2.75) is 12.8 Å². The van der Waals surface area contributed by atoms with Crippen molar-refractivity contribution in [2.24, 2.45) is 0 Å². The van der Waals surface area contributed by atoms with E-state index in [-0.39, 0.29) is 5.69 Å². The summed E-state index contributed by atoms with van der Waals surface area (Å²) in [6.45, 7) is -0.388. The first-order valence-corrected chi connectivity index (χ1v) is 4.83. The van der Waals surface area contributed by atoms with E-state index in [1.807, 2.05) is 0 Å². The van der Waals surface area contributed by atoms with Crippen LogP contribution in [0, 0.1) is 17.0 Å². The van der Waals surface area contributed by atoms with Gasteiger partial charge in [-0.25, -0.2) is 8.78 Å². The number of hydrogen-bond acceptors (Lipinski definition) is 4. The Bertz CT molecular complexity index is 424. The van der Waals surface area contributed by atoms with Gasteiger partial charge in [-0.05, 0) is 18.6 Å². The second-order valence-corrected chi connectivity index (χ2v) is 3.62. The fraction of sp³-hybridized carbons (Fsp3) is 0.400. The molecule has 0 bridgehead atoms. The molecule has 2 N–H and O–H groups in total. The summed E-state index contributed by atoms with van der Waals surface area (Å²) in [6.07, 6.45) is 0. The van der Waals surface area contributed by atoms with E-state index in [4.69, 9.17) is 5.11 Å². The van der Waals surface area contributed by atoms with Crippen molar-refractivity contribution in [1.29, 1.82) is 0 Å². The second-order valence-electron chi connectivity index (χ2n) is 3.62. The van der Waals surface area contributed by atoms with Gasteiger partial charge in [0.1, 0.15) is 6.61 Å². The molecule has 0 aromatic heterocycles. The van der Waals surface area contributed by atoms with E-state index < -0.39 is 24.0 Å². The molecule has 17 heavy (non-hydrogen) atoms. The lowest BCUT2D eigenvalue weighted by Gasteiger charge is -2.16. The van der Waals surface area contributed by atoms with Crippen molar-refractivity contribution < 1.29 is 18.8 Å². The van der Waals surface area contributed by atoms with Gasteiger partial charge in [-0.15, -0.1) is 0 Å². The first-order valence-electron chi connectivity index (χ1n) is 4.83. The summed E-state index contributed by atoms with van der Waals surface area (Å²) >= 11 is 0. The van der Waals surface area contributed by atoms with Gasteiger partial charge in [-0.2, -0.15) is 0 Å². The molecule has 0 amide bonds. The molecule has 1 rings (SSSR count). The highest BCUT2D eigenvalue weighted by Crippen LogP contribution is 2.22. The normalized spacial score (nSPS) is 11.3. The minimum absolute atomic E-state index is 0.0954. The molecule has 94 valence electrons. The van der Waals surface area contributed by atoms with E-state index in [0.717, 1.165) is 0 Å². The molecular weight excluding hydrogens is 234 g/mol. The van der Waals surface area contributed by atoms with Crippen molar-refractivity contribution in [3.05, 3.63) is 33.9 Å². The SMILES string of the molecule is Cc1cc([N+](=O)[O-])ccc1NCC(F)(F)CO. The lowest BCUT2D eigenvalue weighted by atomic mass is 10.1. The highest BCUT2D eigenvalue weighted by atomic mass is 19.3. The number of aliphatic hydroxyl groups excluding tert-OH is 1. The summed E-state index contributed by atoms with van der Waals surface area (Å²) in [4.78, 5) is 9.90. The number of nitro groups is 1. The molecular formula is C10H12F2N2O3. The number of rotatable bonds is 5. The number of non-ortho nitro benzene ring substituents is 1. The fourth-order valence-electron chi connectivity index (χ4n) is 1.24. The van der Waals surface area contributed by atoms with Crippen LogP contribution in [0.15, 0.2) is 18.2 Å². The average molecular weight is 246 g/mol. The van der Waals surface area contributed by atoms with Crippen LogP contribution >= 0.6 is 0 Å². The van der Waals surface area contributed by atoms with E-state index in [1.165, 1.54) is 18.2 Å². The Labute approximate surface area is 96.2 Å². The van der Waals surface area contributed by atoms with Crippen LogP contribution in [0.3, 0.4) is 0 Å². The molecule has 0 radical (unpaired) electrons.